The molecular weight excluding hydrogens is 399 g/mol. The van der Waals surface area contributed by atoms with Crippen molar-refractivity contribution in [1.29, 1.82) is 0 Å². The first kappa shape index (κ1) is 21.2. The molecule has 0 saturated carbocycles. The van der Waals surface area contributed by atoms with E-state index >= 15 is 0 Å². The van der Waals surface area contributed by atoms with E-state index in [0.717, 1.165) is 61.2 Å². The number of aromatic hydroxyl groups is 1. The third-order valence-corrected chi connectivity index (χ3v) is 5.53. The number of para-hydroxylation sites is 2. The van der Waals surface area contributed by atoms with Gasteiger partial charge < -0.3 is 29.7 Å². The van der Waals surface area contributed by atoms with Gasteiger partial charge in [0, 0.05) is 44.8 Å². The predicted molar refractivity (Wildman–Crippen MR) is 118 cm³/mol. The van der Waals surface area contributed by atoms with Crippen molar-refractivity contribution < 1.29 is 19.0 Å². The Morgan fingerprint density at radius 2 is 2.00 bits per heavy atom. The van der Waals surface area contributed by atoms with Crippen LogP contribution in [0.5, 0.6) is 11.5 Å². The summed E-state index contributed by atoms with van der Waals surface area (Å²) in [7, 11) is 0. The lowest BCUT2D eigenvalue weighted by molar-refractivity contribution is -0.0172. The Kier molecular flexibility index (Phi) is 6.76. The molecule has 2 aliphatic heterocycles. The van der Waals surface area contributed by atoms with Crippen LogP contribution in [0.4, 0.5) is 10.1 Å². The van der Waals surface area contributed by atoms with Crippen molar-refractivity contribution in [2.24, 2.45) is 4.99 Å². The number of anilines is 1. The standard InChI is InChI=1S/C23H29FN4O3/c1-2-25-23(28-11-9-27(10-12-28)20-5-3-4-6-21(20)29)26-8-7-17-13-19(24)14-18-15-30-16-31-22(17)18/h3-6,13-14,29H,2,7-12,15-16H2,1H3,(H,25,26). The van der Waals surface area contributed by atoms with Gasteiger partial charge in [-0.25, -0.2) is 4.39 Å². The molecule has 2 aromatic carbocycles. The third kappa shape index (κ3) is 5.02. The number of hydrogen-bond donors (Lipinski definition) is 2. The highest BCUT2D eigenvalue weighted by Gasteiger charge is 2.21. The highest BCUT2D eigenvalue weighted by atomic mass is 19.1. The summed E-state index contributed by atoms with van der Waals surface area (Å²) in [6, 6.07) is 10.4. The lowest BCUT2D eigenvalue weighted by atomic mass is 10.1. The molecule has 0 spiro atoms. The minimum absolute atomic E-state index is 0.193. The fourth-order valence-corrected chi connectivity index (χ4v) is 4.04. The highest BCUT2D eigenvalue weighted by molar-refractivity contribution is 5.80. The number of rotatable bonds is 5. The summed E-state index contributed by atoms with van der Waals surface area (Å²) in [5.74, 6) is 1.61. The second-order valence-corrected chi connectivity index (χ2v) is 7.61. The number of halogens is 1. The molecule has 1 saturated heterocycles. The van der Waals surface area contributed by atoms with Crippen LogP contribution in [0, 0.1) is 5.82 Å². The van der Waals surface area contributed by atoms with Gasteiger partial charge in [0.1, 0.15) is 17.3 Å². The summed E-state index contributed by atoms with van der Waals surface area (Å²) in [4.78, 5) is 9.20. The molecule has 8 heteroatoms. The number of nitrogens with zero attached hydrogens (tertiary/aromatic N) is 3. The third-order valence-electron chi connectivity index (χ3n) is 5.53. The van der Waals surface area contributed by atoms with E-state index in [2.05, 4.69) is 15.1 Å². The van der Waals surface area contributed by atoms with Crippen LogP contribution < -0.4 is 15.0 Å². The van der Waals surface area contributed by atoms with Crippen molar-refractivity contribution >= 4 is 11.6 Å². The lowest BCUT2D eigenvalue weighted by Crippen LogP contribution is -2.52. The van der Waals surface area contributed by atoms with Gasteiger partial charge in [-0.2, -0.15) is 0 Å². The first-order chi connectivity index (χ1) is 15.2. The van der Waals surface area contributed by atoms with Gasteiger partial charge in [-0.05, 0) is 43.2 Å². The van der Waals surface area contributed by atoms with Crippen LogP contribution >= 0.6 is 0 Å². The number of guanidine groups is 1. The molecule has 0 atom stereocenters. The number of phenols is 1. The van der Waals surface area contributed by atoms with Crippen molar-refractivity contribution in [3.63, 3.8) is 0 Å². The topological polar surface area (TPSA) is 69.6 Å². The second kappa shape index (κ2) is 9.87. The largest absolute Gasteiger partial charge is 0.506 e. The molecule has 0 amide bonds. The van der Waals surface area contributed by atoms with Gasteiger partial charge in [-0.15, -0.1) is 0 Å². The Morgan fingerprint density at radius 3 is 2.77 bits per heavy atom. The Hall–Kier alpha value is -3.00. The predicted octanol–water partition coefficient (Wildman–Crippen LogP) is 2.73. The van der Waals surface area contributed by atoms with E-state index in [9.17, 15) is 9.50 Å². The van der Waals surface area contributed by atoms with Gasteiger partial charge in [-0.1, -0.05) is 12.1 Å². The fourth-order valence-electron chi connectivity index (χ4n) is 4.04. The quantitative estimate of drug-likeness (QED) is 0.564. The molecule has 2 heterocycles. The highest BCUT2D eigenvalue weighted by Crippen LogP contribution is 2.30. The molecule has 1 fully saturated rings. The van der Waals surface area contributed by atoms with Crippen LogP contribution in [0.2, 0.25) is 0 Å². The maximum Gasteiger partial charge on any atom is 0.194 e. The molecule has 2 aromatic rings. The zero-order chi connectivity index (χ0) is 21.6. The van der Waals surface area contributed by atoms with Crippen molar-refractivity contribution in [3.05, 3.63) is 53.3 Å². The summed E-state index contributed by atoms with van der Waals surface area (Å²) in [6.45, 7) is 7.11. The number of hydrogen-bond acceptors (Lipinski definition) is 5. The minimum atomic E-state index is -0.279. The summed E-state index contributed by atoms with van der Waals surface area (Å²) >= 11 is 0. The Morgan fingerprint density at radius 1 is 1.19 bits per heavy atom. The number of piperazine rings is 1. The van der Waals surface area contributed by atoms with Crippen LogP contribution in [-0.2, 0) is 17.8 Å². The molecule has 4 rings (SSSR count). The number of aliphatic imine (C=N–C) groups is 1. The first-order valence-electron chi connectivity index (χ1n) is 10.7. The molecule has 2 aliphatic rings. The van der Waals surface area contributed by atoms with E-state index in [1.807, 2.05) is 25.1 Å². The number of ether oxygens (including phenoxy) is 2. The van der Waals surface area contributed by atoms with Crippen LogP contribution in [0.25, 0.3) is 0 Å². The molecule has 0 aliphatic carbocycles. The summed E-state index contributed by atoms with van der Waals surface area (Å²) < 4.78 is 24.8. The number of nitrogens with one attached hydrogen (secondary N) is 1. The monoisotopic (exact) mass is 428 g/mol. The van der Waals surface area contributed by atoms with Crippen LogP contribution in [0.1, 0.15) is 18.1 Å². The molecular formula is C23H29FN4O3. The van der Waals surface area contributed by atoms with Gasteiger partial charge in [0.2, 0.25) is 0 Å². The molecule has 166 valence electrons. The zero-order valence-corrected chi connectivity index (χ0v) is 17.8. The average Bonchev–Trinajstić information content (AvgIpc) is 2.79. The molecule has 0 unspecified atom stereocenters. The maximum atomic E-state index is 14.0. The number of fused-ring (bicyclic) bond motifs is 1. The van der Waals surface area contributed by atoms with E-state index in [1.165, 1.54) is 12.1 Å². The van der Waals surface area contributed by atoms with Crippen molar-refractivity contribution in [2.75, 3.05) is 51.0 Å². The smallest absolute Gasteiger partial charge is 0.194 e. The Bertz CT molecular complexity index is 929. The fraction of sp³-hybridized carbons (Fsp3) is 0.435. The summed E-state index contributed by atoms with van der Waals surface area (Å²) in [6.07, 6.45) is 0.590. The van der Waals surface area contributed by atoms with Crippen molar-refractivity contribution in [1.82, 2.24) is 10.2 Å². The van der Waals surface area contributed by atoms with Gasteiger partial charge in [0.25, 0.3) is 0 Å². The van der Waals surface area contributed by atoms with E-state index in [0.29, 0.717) is 25.3 Å². The first-order valence-corrected chi connectivity index (χ1v) is 10.7. The van der Waals surface area contributed by atoms with E-state index in [1.54, 1.807) is 6.07 Å². The second-order valence-electron chi connectivity index (χ2n) is 7.61. The molecule has 2 N–H and O–H groups in total. The van der Waals surface area contributed by atoms with E-state index in [4.69, 9.17) is 14.5 Å². The zero-order valence-electron chi connectivity index (χ0n) is 17.8. The summed E-state index contributed by atoms with van der Waals surface area (Å²) in [5, 5.41) is 13.5. The average molecular weight is 429 g/mol. The Labute approximate surface area is 182 Å². The normalized spacial score (nSPS) is 16.6. The molecule has 0 radical (unpaired) electrons. The van der Waals surface area contributed by atoms with Crippen LogP contribution in [0.15, 0.2) is 41.4 Å². The van der Waals surface area contributed by atoms with E-state index in [-0.39, 0.29) is 12.6 Å². The lowest BCUT2D eigenvalue weighted by Gasteiger charge is -2.37. The van der Waals surface area contributed by atoms with Crippen molar-refractivity contribution in [3.8, 4) is 11.5 Å². The van der Waals surface area contributed by atoms with Crippen LogP contribution in [-0.4, -0.2) is 62.0 Å². The summed E-state index contributed by atoms with van der Waals surface area (Å²) in [5.41, 5.74) is 2.43. The van der Waals surface area contributed by atoms with Gasteiger partial charge >= 0.3 is 0 Å². The van der Waals surface area contributed by atoms with Gasteiger partial charge in [0.05, 0.1) is 12.3 Å². The van der Waals surface area contributed by atoms with Crippen LogP contribution in [0.3, 0.4) is 0 Å². The minimum Gasteiger partial charge on any atom is -0.506 e. The molecule has 31 heavy (non-hydrogen) atoms. The SMILES string of the molecule is CCNC(=NCCc1cc(F)cc2c1OCOC2)N1CCN(c2ccccc2O)CC1. The Balaban J connectivity index is 1.39. The van der Waals surface area contributed by atoms with E-state index < -0.39 is 0 Å². The van der Waals surface area contributed by atoms with Gasteiger partial charge in [-0.3, -0.25) is 4.99 Å². The maximum absolute atomic E-state index is 14.0. The van der Waals surface area contributed by atoms with Crippen molar-refractivity contribution in [2.45, 2.75) is 20.0 Å². The molecule has 7 nitrogen and oxygen atoms in total. The van der Waals surface area contributed by atoms with Gasteiger partial charge in [0.15, 0.2) is 12.8 Å². The molecule has 0 aromatic heterocycles. The molecule has 0 bridgehead atoms. The number of phenolic OH excluding ortho intramolecular Hbond substituents is 1. The number of benzene rings is 2.